The van der Waals surface area contributed by atoms with Crippen molar-refractivity contribution in [2.75, 3.05) is 6.61 Å². The van der Waals surface area contributed by atoms with E-state index in [2.05, 4.69) is 11.1 Å². The second-order valence-electron chi connectivity index (χ2n) is 3.62. The van der Waals surface area contributed by atoms with E-state index >= 15 is 0 Å². The Morgan fingerprint density at radius 2 is 1.60 bits per heavy atom. The average Bonchev–Trinajstić information content (AvgIpc) is 2.20. The molecule has 1 N–H and O–H groups in total. The van der Waals surface area contributed by atoms with Gasteiger partial charge in [-0.05, 0) is 19.3 Å². The molecule has 0 radical (unpaired) electrons. The monoisotopic (exact) mass is 233 g/mol. The lowest BCUT2D eigenvalue weighted by Gasteiger charge is -1.99. The molecule has 1 unspecified atom stereocenters. The van der Waals surface area contributed by atoms with Crippen molar-refractivity contribution in [3.05, 3.63) is 12.7 Å². The molecule has 15 heavy (non-hydrogen) atoms. The molecule has 0 saturated heterocycles. The largest absolute Gasteiger partial charge is 0.694 e. The summed E-state index contributed by atoms with van der Waals surface area (Å²) in [5.41, 5.74) is 0. The number of hydrogen-bond acceptors (Lipinski definition) is 2. The van der Waals surface area contributed by atoms with Crippen LogP contribution < -0.4 is 0 Å². The van der Waals surface area contributed by atoms with E-state index in [0.717, 1.165) is 19.3 Å². The number of unbranched alkanes of at least 4 members (excludes halogenated alkanes) is 7. The summed E-state index contributed by atoms with van der Waals surface area (Å²) in [6.45, 7) is 4.09. The average molecular weight is 233 g/mol. The topological polar surface area (TPSA) is 46.5 Å². The number of allylic oxidation sites excluding steroid dienone is 1. The van der Waals surface area contributed by atoms with Crippen molar-refractivity contribution in [2.24, 2.45) is 0 Å². The van der Waals surface area contributed by atoms with Gasteiger partial charge in [-0.3, -0.25) is 0 Å². The van der Waals surface area contributed by atoms with Crippen LogP contribution in [0, 0.1) is 0 Å². The molecule has 0 spiro atoms. The van der Waals surface area contributed by atoms with Gasteiger partial charge in [0.2, 0.25) is 0 Å². The minimum Gasteiger partial charge on any atom is -0.133 e. The highest BCUT2D eigenvalue weighted by Crippen LogP contribution is 2.15. The molecule has 88 valence electrons. The summed E-state index contributed by atoms with van der Waals surface area (Å²) in [6.07, 6.45) is 11.3. The first kappa shape index (κ1) is 14.8. The standard InChI is InChI=1S/C11H21O3P/c1-2-3-4-5-6-7-8-9-10-11-14-15(12)13/h2H,1,3-11H2/p+1. The Morgan fingerprint density at radius 3 is 2.13 bits per heavy atom. The van der Waals surface area contributed by atoms with Gasteiger partial charge < -0.3 is 0 Å². The van der Waals surface area contributed by atoms with Crippen molar-refractivity contribution in [1.82, 2.24) is 0 Å². The zero-order valence-corrected chi connectivity index (χ0v) is 10.3. The van der Waals surface area contributed by atoms with Crippen LogP contribution in [0.3, 0.4) is 0 Å². The zero-order chi connectivity index (χ0) is 11.4. The molecule has 4 heteroatoms. The van der Waals surface area contributed by atoms with Gasteiger partial charge in [-0.1, -0.05) is 38.2 Å². The second kappa shape index (κ2) is 11.8. The van der Waals surface area contributed by atoms with E-state index in [1.807, 2.05) is 6.08 Å². The van der Waals surface area contributed by atoms with E-state index in [9.17, 15) is 4.57 Å². The van der Waals surface area contributed by atoms with Crippen molar-refractivity contribution in [2.45, 2.75) is 51.4 Å². The molecule has 0 rings (SSSR count). The first-order valence-corrected chi connectivity index (χ1v) is 6.80. The smallest absolute Gasteiger partial charge is 0.133 e. The van der Waals surface area contributed by atoms with Gasteiger partial charge >= 0.3 is 8.25 Å². The highest BCUT2D eigenvalue weighted by molar-refractivity contribution is 7.32. The first-order chi connectivity index (χ1) is 7.27. The molecule has 1 atom stereocenters. The summed E-state index contributed by atoms with van der Waals surface area (Å²) < 4.78 is 14.7. The summed E-state index contributed by atoms with van der Waals surface area (Å²) in [7, 11) is -2.39. The van der Waals surface area contributed by atoms with Gasteiger partial charge in [0.05, 0.1) is 0 Å². The van der Waals surface area contributed by atoms with Crippen LogP contribution in [-0.4, -0.2) is 11.5 Å². The summed E-state index contributed by atoms with van der Waals surface area (Å²) in [5, 5.41) is 0. The van der Waals surface area contributed by atoms with Crippen molar-refractivity contribution >= 4 is 8.25 Å². The lowest BCUT2D eigenvalue weighted by Crippen LogP contribution is -1.87. The van der Waals surface area contributed by atoms with Gasteiger partial charge in [0.15, 0.2) is 0 Å². The third-order valence-corrected chi connectivity index (χ3v) is 2.66. The van der Waals surface area contributed by atoms with Crippen LogP contribution in [0.25, 0.3) is 0 Å². The van der Waals surface area contributed by atoms with Gasteiger partial charge in [-0.25, -0.2) is 0 Å². The van der Waals surface area contributed by atoms with Crippen molar-refractivity contribution in [3.63, 3.8) is 0 Å². The highest BCUT2D eigenvalue weighted by atomic mass is 31.1. The molecular weight excluding hydrogens is 211 g/mol. The third kappa shape index (κ3) is 13.8. The summed E-state index contributed by atoms with van der Waals surface area (Å²) in [6, 6.07) is 0. The predicted octanol–water partition coefficient (Wildman–Crippen LogP) is 3.96. The molecule has 0 aliphatic rings. The molecular formula is C11H22O3P+. The minimum atomic E-state index is -2.39. The maximum absolute atomic E-state index is 10.2. The first-order valence-electron chi connectivity index (χ1n) is 5.67. The SMILES string of the molecule is C=CCCCCCCCCCO[P+](=O)O. The molecule has 0 aromatic carbocycles. The second-order valence-corrected chi connectivity index (χ2v) is 4.36. The van der Waals surface area contributed by atoms with Gasteiger partial charge in [-0.2, -0.15) is 0 Å². The third-order valence-electron chi connectivity index (χ3n) is 2.25. The van der Waals surface area contributed by atoms with Crippen LogP contribution in [0.5, 0.6) is 0 Å². The van der Waals surface area contributed by atoms with Gasteiger partial charge in [0.1, 0.15) is 6.61 Å². The normalized spacial score (nSPS) is 11.4. The maximum atomic E-state index is 10.2. The van der Waals surface area contributed by atoms with Gasteiger partial charge in [-0.15, -0.1) is 16.0 Å². The highest BCUT2D eigenvalue weighted by Gasteiger charge is 2.09. The fraction of sp³-hybridized carbons (Fsp3) is 0.818. The van der Waals surface area contributed by atoms with Gasteiger partial charge in [0, 0.05) is 4.57 Å². The summed E-state index contributed by atoms with van der Waals surface area (Å²) >= 11 is 0. The van der Waals surface area contributed by atoms with E-state index in [1.165, 1.54) is 32.1 Å². The Kier molecular flexibility index (Phi) is 11.6. The Balaban J connectivity index is 2.92. The zero-order valence-electron chi connectivity index (χ0n) is 9.36. The van der Waals surface area contributed by atoms with Crippen molar-refractivity contribution in [1.29, 1.82) is 0 Å². The van der Waals surface area contributed by atoms with Gasteiger partial charge in [0.25, 0.3) is 0 Å². The van der Waals surface area contributed by atoms with Crippen LogP contribution >= 0.6 is 8.25 Å². The summed E-state index contributed by atoms with van der Waals surface area (Å²) in [5.74, 6) is 0. The fourth-order valence-electron chi connectivity index (χ4n) is 1.42. The van der Waals surface area contributed by atoms with E-state index in [0.29, 0.717) is 6.61 Å². The molecule has 0 aliphatic carbocycles. The maximum Gasteiger partial charge on any atom is 0.694 e. The van der Waals surface area contributed by atoms with E-state index in [-0.39, 0.29) is 0 Å². The molecule has 0 fully saturated rings. The van der Waals surface area contributed by atoms with E-state index in [1.54, 1.807) is 0 Å². The number of rotatable bonds is 11. The number of hydrogen-bond donors (Lipinski definition) is 1. The molecule has 0 aromatic rings. The van der Waals surface area contributed by atoms with Crippen LogP contribution in [0.1, 0.15) is 51.4 Å². The fourth-order valence-corrected chi connectivity index (χ4v) is 1.70. The van der Waals surface area contributed by atoms with Crippen LogP contribution in [0.4, 0.5) is 0 Å². The van der Waals surface area contributed by atoms with Crippen LogP contribution in [0.2, 0.25) is 0 Å². The lowest BCUT2D eigenvalue weighted by molar-refractivity contribution is 0.273. The Morgan fingerprint density at radius 1 is 1.07 bits per heavy atom. The van der Waals surface area contributed by atoms with Crippen molar-refractivity contribution < 1.29 is 14.0 Å². The summed E-state index contributed by atoms with van der Waals surface area (Å²) in [4.78, 5) is 8.35. The Bertz CT molecular complexity index is 171. The molecule has 0 amide bonds. The lowest BCUT2D eigenvalue weighted by atomic mass is 10.1. The molecule has 3 nitrogen and oxygen atoms in total. The molecule has 0 bridgehead atoms. The predicted molar refractivity (Wildman–Crippen MR) is 62.9 cm³/mol. The Hall–Kier alpha value is -0.240. The molecule has 0 aromatic heterocycles. The van der Waals surface area contributed by atoms with E-state index in [4.69, 9.17) is 4.89 Å². The quantitative estimate of drug-likeness (QED) is 0.334. The van der Waals surface area contributed by atoms with Crippen LogP contribution in [0.15, 0.2) is 12.7 Å². The van der Waals surface area contributed by atoms with Crippen LogP contribution in [-0.2, 0) is 9.09 Å². The Labute approximate surface area is 93.5 Å². The molecule has 0 aliphatic heterocycles. The van der Waals surface area contributed by atoms with E-state index < -0.39 is 8.25 Å². The molecule has 0 saturated carbocycles. The van der Waals surface area contributed by atoms with Crippen molar-refractivity contribution in [3.8, 4) is 0 Å². The molecule has 0 heterocycles. The minimum absolute atomic E-state index is 0.405.